The predicted molar refractivity (Wildman–Crippen MR) is 94.7 cm³/mol. The number of hydrogen-bond donors (Lipinski definition) is 2. The minimum atomic E-state index is 0.116. The van der Waals surface area contributed by atoms with E-state index in [0.29, 0.717) is 18.9 Å². The van der Waals surface area contributed by atoms with Gasteiger partial charge in [-0.15, -0.1) is 0 Å². The summed E-state index contributed by atoms with van der Waals surface area (Å²) in [5.41, 5.74) is 3.48. The Balaban J connectivity index is 1.90. The highest BCUT2D eigenvalue weighted by atomic mass is 16.3. The Labute approximate surface area is 145 Å². The van der Waals surface area contributed by atoms with Crippen molar-refractivity contribution in [2.45, 2.75) is 59.5 Å². The number of amides is 1. The number of aliphatic hydroxyl groups is 1. The summed E-state index contributed by atoms with van der Waals surface area (Å²) in [6.45, 7) is 10.6. The highest BCUT2D eigenvalue weighted by Gasteiger charge is 2.22. The minimum absolute atomic E-state index is 0.116. The van der Waals surface area contributed by atoms with Crippen LogP contribution >= 0.6 is 0 Å². The van der Waals surface area contributed by atoms with E-state index in [4.69, 9.17) is 5.11 Å². The lowest BCUT2D eigenvalue weighted by molar-refractivity contribution is -0.121. The number of hydrogen-bond acceptors (Lipinski definition) is 4. The first kappa shape index (κ1) is 18.9. The number of aryl methyl sites for hydroxylation is 1. The zero-order valence-electron chi connectivity index (χ0n) is 15.3. The summed E-state index contributed by atoms with van der Waals surface area (Å²) in [6.07, 6.45) is 3.89. The van der Waals surface area contributed by atoms with Gasteiger partial charge in [-0.1, -0.05) is 6.92 Å². The molecule has 1 fully saturated rings. The molecular formula is C18H32N4O2. The lowest BCUT2D eigenvalue weighted by Gasteiger charge is -2.33. The van der Waals surface area contributed by atoms with Crippen LogP contribution in [0.15, 0.2) is 0 Å². The summed E-state index contributed by atoms with van der Waals surface area (Å²) in [4.78, 5) is 14.1. The summed E-state index contributed by atoms with van der Waals surface area (Å²) >= 11 is 0. The Morgan fingerprint density at radius 3 is 2.92 bits per heavy atom. The molecule has 0 saturated carbocycles. The number of carbonyl (C=O) groups excluding carboxylic acids is 1. The van der Waals surface area contributed by atoms with Gasteiger partial charge in [0.25, 0.3) is 0 Å². The Kier molecular flexibility index (Phi) is 7.24. The number of aromatic nitrogens is 2. The molecular weight excluding hydrogens is 304 g/mol. The van der Waals surface area contributed by atoms with Gasteiger partial charge in [-0.2, -0.15) is 5.10 Å². The van der Waals surface area contributed by atoms with E-state index in [0.717, 1.165) is 44.0 Å². The Bertz CT molecular complexity index is 541. The van der Waals surface area contributed by atoms with Crippen LogP contribution in [0.2, 0.25) is 0 Å². The van der Waals surface area contributed by atoms with Crippen LogP contribution in [0.4, 0.5) is 0 Å². The number of piperidine rings is 1. The first-order valence-corrected chi connectivity index (χ1v) is 9.17. The molecule has 6 nitrogen and oxygen atoms in total. The van der Waals surface area contributed by atoms with Crippen molar-refractivity contribution in [2.75, 3.05) is 26.2 Å². The van der Waals surface area contributed by atoms with E-state index in [1.807, 2.05) is 18.5 Å². The molecule has 0 aliphatic carbocycles. The molecule has 1 aliphatic heterocycles. The fraction of sp³-hybridized carbons (Fsp3) is 0.778. The summed E-state index contributed by atoms with van der Waals surface area (Å²) in [5.74, 6) is 0.708. The van der Waals surface area contributed by atoms with Gasteiger partial charge in [0.05, 0.1) is 18.8 Å². The highest BCUT2D eigenvalue weighted by Crippen LogP contribution is 2.21. The molecule has 1 atom stereocenters. The third kappa shape index (κ3) is 5.05. The van der Waals surface area contributed by atoms with E-state index in [1.165, 1.54) is 18.4 Å². The normalized spacial score (nSPS) is 18.8. The molecule has 24 heavy (non-hydrogen) atoms. The second kappa shape index (κ2) is 9.18. The van der Waals surface area contributed by atoms with Crippen molar-refractivity contribution >= 4 is 5.91 Å². The van der Waals surface area contributed by atoms with Crippen LogP contribution in [0, 0.1) is 19.8 Å². The molecule has 1 unspecified atom stereocenters. The van der Waals surface area contributed by atoms with E-state index < -0.39 is 0 Å². The maximum Gasteiger partial charge on any atom is 0.219 e. The summed E-state index contributed by atoms with van der Waals surface area (Å²) in [6, 6.07) is 0. The van der Waals surface area contributed by atoms with Crippen LogP contribution in [0.1, 0.15) is 49.6 Å². The molecule has 6 heteroatoms. The molecule has 2 N–H and O–H groups in total. The number of nitrogens with one attached hydrogen (secondary N) is 1. The maximum atomic E-state index is 11.7. The summed E-state index contributed by atoms with van der Waals surface area (Å²) in [7, 11) is 0. The lowest BCUT2D eigenvalue weighted by atomic mass is 9.97. The molecule has 1 amide bonds. The van der Waals surface area contributed by atoms with Gasteiger partial charge in [0.1, 0.15) is 0 Å². The third-order valence-electron chi connectivity index (χ3n) is 4.89. The Morgan fingerprint density at radius 1 is 1.42 bits per heavy atom. The SMILES string of the molecule is CCCC(=O)NCC1CCCN(Cc2c(C)nn(CCO)c2C)C1. The molecule has 1 aromatic heterocycles. The lowest BCUT2D eigenvalue weighted by Crippen LogP contribution is -2.40. The van der Waals surface area contributed by atoms with Gasteiger partial charge in [-0.05, 0) is 45.6 Å². The number of likely N-dealkylation sites (tertiary alicyclic amines) is 1. The number of carbonyl (C=O) groups is 1. The van der Waals surface area contributed by atoms with Crippen molar-refractivity contribution in [3.63, 3.8) is 0 Å². The molecule has 2 rings (SSSR count). The molecule has 0 radical (unpaired) electrons. The van der Waals surface area contributed by atoms with E-state index in [9.17, 15) is 4.79 Å². The molecule has 0 spiro atoms. The molecule has 0 bridgehead atoms. The van der Waals surface area contributed by atoms with E-state index in [1.54, 1.807) is 0 Å². The van der Waals surface area contributed by atoms with Crippen molar-refractivity contribution in [1.29, 1.82) is 0 Å². The average molecular weight is 336 g/mol. The van der Waals surface area contributed by atoms with Gasteiger partial charge in [0.2, 0.25) is 5.91 Å². The third-order valence-corrected chi connectivity index (χ3v) is 4.89. The predicted octanol–water partition coefficient (Wildman–Crippen LogP) is 1.62. The van der Waals surface area contributed by atoms with Crippen molar-refractivity contribution in [1.82, 2.24) is 20.0 Å². The monoisotopic (exact) mass is 336 g/mol. The van der Waals surface area contributed by atoms with Crippen molar-refractivity contribution in [2.24, 2.45) is 5.92 Å². The second-order valence-electron chi connectivity index (χ2n) is 6.89. The molecule has 2 heterocycles. The van der Waals surface area contributed by atoms with Crippen LogP contribution in [0.3, 0.4) is 0 Å². The van der Waals surface area contributed by atoms with Crippen LogP contribution in [-0.2, 0) is 17.9 Å². The largest absolute Gasteiger partial charge is 0.394 e. The van der Waals surface area contributed by atoms with Gasteiger partial charge in [-0.3, -0.25) is 14.4 Å². The van der Waals surface area contributed by atoms with Crippen molar-refractivity contribution in [3.05, 3.63) is 17.0 Å². The molecule has 0 aromatic carbocycles. The topological polar surface area (TPSA) is 70.4 Å². The molecule has 1 aromatic rings. The van der Waals surface area contributed by atoms with E-state index in [2.05, 4.69) is 22.2 Å². The van der Waals surface area contributed by atoms with Crippen LogP contribution < -0.4 is 5.32 Å². The van der Waals surface area contributed by atoms with Crippen LogP contribution in [-0.4, -0.2) is 51.9 Å². The van der Waals surface area contributed by atoms with Gasteiger partial charge < -0.3 is 10.4 Å². The zero-order valence-corrected chi connectivity index (χ0v) is 15.3. The van der Waals surface area contributed by atoms with E-state index >= 15 is 0 Å². The first-order chi connectivity index (χ1) is 11.5. The van der Waals surface area contributed by atoms with Gasteiger partial charge in [0, 0.05) is 37.3 Å². The molecule has 1 saturated heterocycles. The number of rotatable bonds is 8. The smallest absolute Gasteiger partial charge is 0.219 e. The molecule has 1 aliphatic rings. The average Bonchev–Trinajstić information content (AvgIpc) is 2.82. The van der Waals surface area contributed by atoms with Crippen LogP contribution in [0.5, 0.6) is 0 Å². The van der Waals surface area contributed by atoms with E-state index in [-0.39, 0.29) is 12.5 Å². The Morgan fingerprint density at radius 2 is 2.21 bits per heavy atom. The summed E-state index contributed by atoms with van der Waals surface area (Å²) in [5, 5.41) is 16.7. The number of nitrogens with zero attached hydrogens (tertiary/aromatic N) is 3. The fourth-order valence-electron chi connectivity index (χ4n) is 3.53. The standard InChI is InChI=1S/C18H32N4O2/c1-4-6-18(24)19-11-16-7-5-8-21(12-16)13-17-14(2)20-22(9-10-23)15(17)3/h16,23H,4-13H2,1-3H3,(H,19,24). The minimum Gasteiger partial charge on any atom is -0.394 e. The van der Waals surface area contributed by atoms with Gasteiger partial charge >= 0.3 is 0 Å². The number of aliphatic hydroxyl groups excluding tert-OH is 1. The zero-order chi connectivity index (χ0) is 17.5. The Hall–Kier alpha value is -1.40. The highest BCUT2D eigenvalue weighted by molar-refractivity contribution is 5.75. The van der Waals surface area contributed by atoms with Gasteiger partial charge in [-0.25, -0.2) is 0 Å². The van der Waals surface area contributed by atoms with Crippen LogP contribution in [0.25, 0.3) is 0 Å². The van der Waals surface area contributed by atoms with Crippen molar-refractivity contribution in [3.8, 4) is 0 Å². The summed E-state index contributed by atoms with van der Waals surface area (Å²) < 4.78 is 1.90. The second-order valence-corrected chi connectivity index (χ2v) is 6.89. The van der Waals surface area contributed by atoms with Gasteiger partial charge in [0.15, 0.2) is 0 Å². The van der Waals surface area contributed by atoms with Crippen molar-refractivity contribution < 1.29 is 9.90 Å². The molecule has 136 valence electrons. The maximum absolute atomic E-state index is 11.7. The fourth-order valence-corrected chi connectivity index (χ4v) is 3.53. The first-order valence-electron chi connectivity index (χ1n) is 9.17. The quantitative estimate of drug-likeness (QED) is 0.757.